The number of amides is 2. The lowest BCUT2D eigenvalue weighted by molar-refractivity contribution is 0.262. The van der Waals surface area contributed by atoms with E-state index < -0.39 is 0 Å². The van der Waals surface area contributed by atoms with Crippen LogP contribution in [0.5, 0.6) is 0 Å². The number of aryl methyl sites for hydroxylation is 1. The summed E-state index contributed by atoms with van der Waals surface area (Å²) in [5, 5.41) is 17.2. The van der Waals surface area contributed by atoms with Crippen molar-refractivity contribution in [2.24, 2.45) is 5.92 Å². The van der Waals surface area contributed by atoms with Gasteiger partial charge in [-0.1, -0.05) is 25.1 Å². The van der Waals surface area contributed by atoms with Gasteiger partial charge in [0.15, 0.2) is 0 Å². The number of H-pyrrole nitrogens is 1. The number of anilines is 2. The number of rotatable bonds is 6. The SMILES string of the molecule is CCc1cn[nH]c1NC(=O)Nc1cc(CC2CC2)nn1-c1ccccc1. The van der Waals surface area contributed by atoms with E-state index in [0.717, 1.165) is 35.7 Å². The lowest BCUT2D eigenvalue weighted by Crippen LogP contribution is -2.22. The normalized spacial score (nSPS) is 13.6. The van der Waals surface area contributed by atoms with Gasteiger partial charge in [0.1, 0.15) is 11.6 Å². The highest BCUT2D eigenvalue weighted by atomic mass is 16.2. The molecule has 1 aliphatic rings. The molecule has 1 aromatic carbocycles. The Morgan fingerprint density at radius 3 is 2.81 bits per heavy atom. The van der Waals surface area contributed by atoms with E-state index in [-0.39, 0.29) is 6.03 Å². The zero-order valence-corrected chi connectivity index (χ0v) is 14.7. The van der Waals surface area contributed by atoms with Crippen LogP contribution in [0.25, 0.3) is 5.69 Å². The van der Waals surface area contributed by atoms with Crippen molar-refractivity contribution in [1.29, 1.82) is 0 Å². The van der Waals surface area contributed by atoms with Crippen LogP contribution in [0.15, 0.2) is 42.6 Å². The molecular formula is C19H22N6O. The minimum absolute atomic E-state index is 0.320. The lowest BCUT2D eigenvalue weighted by atomic mass is 10.2. The number of aromatic amines is 1. The molecule has 0 saturated heterocycles. The van der Waals surface area contributed by atoms with Crippen molar-refractivity contribution in [3.8, 4) is 5.69 Å². The molecule has 7 heteroatoms. The standard InChI is InChI=1S/C19H22N6O/c1-2-14-12-20-23-18(14)22-19(26)21-17-11-15(10-13-8-9-13)24-25(17)16-6-4-3-5-7-16/h3-7,11-13H,2,8-10H2,1H3,(H3,20,21,22,23,26). The molecule has 1 aliphatic carbocycles. The molecule has 3 aromatic rings. The molecule has 1 fully saturated rings. The summed E-state index contributed by atoms with van der Waals surface area (Å²) in [6.45, 7) is 2.02. The van der Waals surface area contributed by atoms with E-state index in [2.05, 4.69) is 20.8 Å². The van der Waals surface area contributed by atoms with E-state index in [1.807, 2.05) is 43.3 Å². The molecule has 7 nitrogen and oxygen atoms in total. The summed E-state index contributed by atoms with van der Waals surface area (Å²) in [6.07, 6.45) is 6.00. The number of para-hydroxylation sites is 1. The number of carbonyl (C=O) groups excluding carboxylic acids is 1. The number of urea groups is 1. The molecule has 0 unspecified atom stereocenters. The summed E-state index contributed by atoms with van der Waals surface area (Å²) in [7, 11) is 0. The fraction of sp³-hybridized carbons (Fsp3) is 0.316. The van der Waals surface area contributed by atoms with Crippen LogP contribution >= 0.6 is 0 Å². The Morgan fingerprint density at radius 2 is 2.08 bits per heavy atom. The Labute approximate surface area is 151 Å². The van der Waals surface area contributed by atoms with Gasteiger partial charge in [-0.3, -0.25) is 15.7 Å². The molecule has 0 spiro atoms. The number of hydrogen-bond acceptors (Lipinski definition) is 3. The summed E-state index contributed by atoms with van der Waals surface area (Å²) in [5.74, 6) is 2.00. The Hall–Kier alpha value is -3.09. The molecule has 4 rings (SSSR count). The van der Waals surface area contributed by atoms with Crippen LogP contribution in [-0.2, 0) is 12.8 Å². The molecule has 26 heavy (non-hydrogen) atoms. The quantitative estimate of drug-likeness (QED) is 0.632. The first-order valence-corrected chi connectivity index (χ1v) is 8.97. The summed E-state index contributed by atoms with van der Waals surface area (Å²) in [4.78, 5) is 12.5. The zero-order chi connectivity index (χ0) is 17.9. The van der Waals surface area contributed by atoms with Crippen molar-refractivity contribution < 1.29 is 4.79 Å². The van der Waals surface area contributed by atoms with Gasteiger partial charge in [0.2, 0.25) is 0 Å². The fourth-order valence-corrected chi connectivity index (χ4v) is 2.95. The average Bonchev–Trinajstić information content (AvgIpc) is 3.20. The second-order valence-corrected chi connectivity index (χ2v) is 6.62. The maximum absolute atomic E-state index is 12.5. The van der Waals surface area contributed by atoms with Gasteiger partial charge >= 0.3 is 6.03 Å². The van der Waals surface area contributed by atoms with Crippen LogP contribution in [0.1, 0.15) is 31.0 Å². The third-order valence-electron chi connectivity index (χ3n) is 4.53. The molecule has 0 atom stereocenters. The third kappa shape index (κ3) is 3.61. The Morgan fingerprint density at radius 1 is 1.27 bits per heavy atom. The molecule has 2 aromatic heterocycles. The maximum Gasteiger partial charge on any atom is 0.326 e. The largest absolute Gasteiger partial charge is 0.326 e. The topological polar surface area (TPSA) is 87.6 Å². The molecular weight excluding hydrogens is 328 g/mol. The minimum atomic E-state index is -0.320. The molecule has 0 bridgehead atoms. The Balaban J connectivity index is 1.56. The van der Waals surface area contributed by atoms with E-state index in [1.165, 1.54) is 12.8 Å². The molecule has 134 valence electrons. The molecule has 3 N–H and O–H groups in total. The van der Waals surface area contributed by atoms with Gasteiger partial charge in [-0.2, -0.15) is 10.2 Å². The van der Waals surface area contributed by atoms with Crippen LogP contribution in [-0.4, -0.2) is 26.0 Å². The highest BCUT2D eigenvalue weighted by molar-refractivity contribution is 5.99. The van der Waals surface area contributed by atoms with Crippen molar-refractivity contribution >= 4 is 17.7 Å². The molecule has 0 aliphatic heterocycles. The first-order valence-electron chi connectivity index (χ1n) is 8.97. The molecule has 2 heterocycles. The van der Waals surface area contributed by atoms with Crippen molar-refractivity contribution in [3.63, 3.8) is 0 Å². The Bertz CT molecular complexity index is 894. The smallest absolute Gasteiger partial charge is 0.292 e. The number of aromatic nitrogens is 4. The third-order valence-corrected chi connectivity index (χ3v) is 4.53. The predicted molar refractivity (Wildman–Crippen MR) is 101 cm³/mol. The Kier molecular flexibility index (Phi) is 4.43. The summed E-state index contributed by atoms with van der Waals surface area (Å²) in [6, 6.07) is 11.5. The lowest BCUT2D eigenvalue weighted by Gasteiger charge is -2.10. The van der Waals surface area contributed by atoms with Crippen LogP contribution in [0.3, 0.4) is 0 Å². The second-order valence-electron chi connectivity index (χ2n) is 6.62. The molecule has 2 amide bonds. The van der Waals surface area contributed by atoms with Gasteiger partial charge in [0.25, 0.3) is 0 Å². The number of hydrogen-bond donors (Lipinski definition) is 3. The van der Waals surface area contributed by atoms with Crippen LogP contribution in [0, 0.1) is 5.92 Å². The summed E-state index contributed by atoms with van der Waals surface area (Å²) in [5.41, 5.74) is 2.88. The second kappa shape index (κ2) is 7.03. The maximum atomic E-state index is 12.5. The number of nitrogens with one attached hydrogen (secondary N) is 3. The van der Waals surface area contributed by atoms with Gasteiger partial charge in [-0.15, -0.1) is 0 Å². The van der Waals surface area contributed by atoms with E-state index >= 15 is 0 Å². The van der Waals surface area contributed by atoms with Crippen molar-refractivity contribution in [1.82, 2.24) is 20.0 Å². The van der Waals surface area contributed by atoms with E-state index in [9.17, 15) is 4.79 Å². The van der Waals surface area contributed by atoms with Gasteiger partial charge in [-0.25, -0.2) is 9.48 Å². The number of carbonyl (C=O) groups is 1. The van der Waals surface area contributed by atoms with Gasteiger partial charge in [0.05, 0.1) is 17.6 Å². The first-order chi connectivity index (χ1) is 12.7. The van der Waals surface area contributed by atoms with Crippen molar-refractivity contribution in [2.75, 3.05) is 10.6 Å². The number of benzene rings is 1. The minimum Gasteiger partial charge on any atom is -0.292 e. The average molecular weight is 350 g/mol. The highest BCUT2D eigenvalue weighted by Crippen LogP contribution is 2.33. The van der Waals surface area contributed by atoms with Crippen LogP contribution < -0.4 is 10.6 Å². The van der Waals surface area contributed by atoms with Crippen molar-refractivity contribution in [3.05, 3.63) is 53.9 Å². The summed E-state index contributed by atoms with van der Waals surface area (Å²) >= 11 is 0. The fourth-order valence-electron chi connectivity index (χ4n) is 2.95. The monoisotopic (exact) mass is 350 g/mol. The van der Waals surface area contributed by atoms with Gasteiger partial charge < -0.3 is 0 Å². The molecule has 1 saturated carbocycles. The van der Waals surface area contributed by atoms with E-state index in [0.29, 0.717) is 11.6 Å². The van der Waals surface area contributed by atoms with E-state index in [4.69, 9.17) is 5.10 Å². The highest BCUT2D eigenvalue weighted by Gasteiger charge is 2.24. The number of nitrogens with zero attached hydrogens (tertiary/aromatic N) is 3. The molecule has 0 radical (unpaired) electrons. The van der Waals surface area contributed by atoms with Crippen LogP contribution in [0.2, 0.25) is 0 Å². The summed E-state index contributed by atoms with van der Waals surface area (Å²) < 4.78 is 1.78. The first kappa shape index (κ1) is 16.4. The van der Waals surface area contributed by atoms with Crippen molar-refractivity contribution in [2.45, 2.75) is 32.6 Å². The van der Waals surface area contributed by atoms with Gasteiger partial charge in [-0.05, 0) is 43.7 Å². The predicted octanol–water partition coefficient (Wildman–Crippen LogP) is 3.75. The van der Waals surface area contributed by atoms with Gasteiger partial charge in [0, 0.05) is 11.6 Å². The zero-order valence-electron chi connectivity index (χ0n) is 14.7. The van der Waals surface area contributed by atoms with E-state index in [1.54, 1.807) is 10.9 Å². The van der Waals surface area contributed by atoms with Crippen LogP contribution in [0.4, 0.5) is 16.4 Å².